The molecule has 5 heteroatoms. The van der Waals surface area contributed by atoms with E-state index in [9.17, 15) is 9.59 Å². The summed E-state index contributed by atoms with van der Waals surface area (Å²) in [5.74, 6) is 0. The summed E-state index contributed by atoms with van der Waals surface area (Å²) >= 11 is 0. The van der Waals surface area contributed by atoms with E-state index >= 15 is 0 Å². The third kappa shape index (κ3) is 2.44. The number of H-pyrrole nitrogens is 1. The molecule has 0 aliphatic carbocycles. The van der Waals surface area contributed by atoms with E-state index in [1.54, 1.807) is 0 Å². The van der Waals surface area contributed by atoms with Crippen LogP contribution in [-0.2, 0) is 6.54 Å². The maximum atomic E-state index is 11.5. The van der Waals surface area contributed by atoms with Crippen molar-refractivity contribution in [3.8, 4) is 0 Å². The lowest BCUT2D eigenvalue weighted by Crippen LogP contribution is -2.31. The number of aromatic amines is 1. The fourth-order valence-electron chi connectivity index (χ4n) is 1.53. The van der Waals surface area contributed by atoms with E-state index in [-0.39, 0.29) is 5.69 Å². The van der Waals surface area contributed by atoms with E-state index in [2.05, 4.69) is 4.98 Å². The number of rotatable bonds is 2. The van der Waals surface area contributed by atoms with Crippen LogP contribution in [0.4, 0.5) is 5.69 Å². The SMILES string of the molecule is Cc1ccc(Cn2cc(N)c(=O)[nH]c2=O)cc1. The van der Waals surface area contributed by atoms with Crippen molar-refractivity contribution in [2.24, 2.45) is 0 Å². The molecule has 5 nitrogen and oxygen atoms in total. The van der Waals surface area contributed by atoms with Gasteiger partial charge in [0.1, 0.15) is 5.69 Å². The summed E-state index contributed by atoms with van der Waals surface area (Å²) in [7, 11) is 0. The Morgan fingerprint density at radius 2 is 1.88 bits per heavy atom. The maximum Gasteiger partial charge on any atom is 0.328 e. The summed E-state index contributed by atoms with van der Waals surface area (Å²) in [6.45, 7) is 2.38. The number of nitrogen functional groups attached to an aromatic ring is 1. The Labute approximate surface area is 97.5 Å². The molecule has 1 heterocycles. The van der Waals surface area contributed by atoms with Crippen molar-refractivity contribution in [2.45, 2.75) is 13.5 Å². The van der Waals surface area contributed by atoms with Gasteiger partial charge >= 0.3 is 5.69 Å². The number of hydrogen-bond donors (Lipinski definition) is 2. The van der Waals surface area contributed by atoms with Crippen LogP contribution in [0.25, 0.3) is 0 Å². The Kier molecular flexibility index (Phi) is 2.82. The van der Waals surface area contributed by atoms with Crippen molar-refractivity contribution < 1.29 is 0 Å². The minimum absolute atomic E-state index is 0.0386. The Morgan fingerprint density at radius 1 is 1.24 bits per heavy atom. The van der Waals surface area contributed by atoms with Crippen molar-refractivity contribution in [3.63, 3.8) is 0 Å². The van der Waals surface area contributed by atoms with Gasteiger partial charge in [-0.3, -0.25) is 14.3 Å². The lowest BCUT2D eigenvalue weighted by Gasteiger charge is -2.06. The second kappa shape index (κ2) is 4.29. The fraction of sp³-hybridized carbons (Fsp3) is 0.167. The van der Waals surface area contributed by atoms with Crippen LogP contribution in [0, 0.1) is 6.92 Å². The van der Waals surface area contributed by atoms with E-state index < -0.39 is 11.2 Å². The summed E-state index contributed by atoms with van der Waals surface area (Å²) in [5.41, 5.74) is 6.63. The molecule has 17 heavy (non-hydrogen) atoms. The number of aromatic nitrogens is 2. The lowest BCUT2D eigenvalue weighted by molar-refractivity contribution is 0.723. The van der Waals surface area contributed by atoms with Crippen LogP contribution in [0.1, 0.15) is 11.1 Å². The molecule has 1 aromatic heterocycles. The first kappa shape index (κ1) is 11.2. The topological polar surface area (TPSA) is 80.9 Å². The molecule has 2 aromatic rings. The molecule has 0 fully saturated rings. The number of nitrogens with zero attached hydrogens (tertiary/aromatic N) is 1. The molecule has 0 amide bonds. The van der Waals surface area contributed by atoms with E-state index in [1.165, 1.54) is 10.8 Å². The number of anilines is 1. The molecular formula is C12H13N3O2. The third-order valence-corrected chi connectivity index (χ3v) is 2.51. The number of nitrogens with one attached hydrogen (secondary N) is 1. The van der Waals surface area contributed by atoms with Crippen LogP contribution in [-0.4, -0.2) is 9.55 Å². The van der Waals surface area contributed by atoms with Gasteiger partial charge in [-0.2, -0.15) is 0 Å². The van der Waals surface area contributed by atoms with Gasteiger partial charge in [-0.25, -0.2) is 4.79 Å². The zero-order valence-corrected chi connectivity index (χ0v) is 9.43. The quantitative estimate of drug-likeness (QED) is 0.788. The maximum absolute atomic E-state index is 11.5. The molecule has 0 aliphatic heterocycles. The highest BCUT2D eigenvalue weighted by Crippen LogP contribution is 2.04. The first-order chi connectivity index (χ1) is 8.06. The summed E-state index contributed by atoms with van der Waals surface area (Å²) in [6, 6.07) is 7.80. The molecule has 0 atom stereocenters. The van der Waals surface area contributed by atoms with Gasteiger partial charge in [0.25, 0.3) is 5.56 Å². The average molecular weight is 231 g/mol. The van der Waals surface area contributed by atoms with E-state index in [4.69, 9.17) is 5.73 Å². The molecule has 0 radical (unpaired) electrons. The van der Waals surface area contributed by atoms with Gasteiger partial charge in [0, 0.05) is 6.20 Å². The molecule has 0 saturated carbocycles. The Morgan fingerprint density at radius 3 is 2.53 bits per heavy atom. The lowest BCUT2D eigenvalue weighted by atomic mass is 10.1. The zero-order chi connectivity index (χ0) is 12.4. The molecule has 0 bridgehead atoms. The van der Waals surface area contributed by atoms with Gasteiger partial charge < -0.3 is 5.73 Å². The van der Waals surface area contributed by atoms with Crippen molar-refractivity contribution in [2.75, 3.05) is 5.73 Å². The third-order valence-electron chi connectivity index (χ3n) is 2.51. The molecule has 1 aromatic carbocycles. The van der Waals surface area contributed by atoms with Crippen LogP contribution < -0.4 is 17.0 Å². The first-order valence-corrected chi connectivity index (χ1v) is 5.21. The van der Waals surface area contributed by atoms with Crippen molar-refractivity contribution in [1.29, 1.82) is 0 Å². The van der Waals surface area contributed by atoms with Crippen LogP contribution in [0.2, 0.25) is 0 Å². The monoisotopic (exact) mass is 231 g/mol. The van der Waals surface area contributed by atoms with Crippen molar-refractivity contribution >= 4 is 5.69 Å². The standard InChI is InChI=1S/C12H13N3O2/c1-8-2-4-9(5-3-8)6-15-7-10(13)11(16)14-12(15)17/h2-5,7H,6,13H2,1H3,(H,14,16,17). The molecule has 3 N–H and O–H groups in total. The molecule has 0 saturated heterocycles. The number of benzene rings is 1. The highest BCUT2D eigenvalue weighted by molar-refractivity contribution is 5.31. The molecule has 0 aliphatic rings. The fourth-order valence-corrected chi connectivity index (χ4v) is 1.53. The van der Waals surface area contributed by atoms with Gasteiger partial charge in [-0.15, -0.1) is 0 Å². The van der Waals surface area contributed by atoms with E-state index in [0.29, 0.717) is 6.54 Å². The largest absolute Gasteiger partial charge is 0.393 e. The van der Waals surface area contributed by atoms with Crippen LogP contribution in [0.3, 0.4) is 0 Å². The van der Waals surface area contributed by atoms with Gasteiger partial charge in [0.15, 0.2) is 0 Å². The normalized spacial score (nSPS) is 10.4. The van der Waals surface area contributed by atoms with Gasteiger partial charge in [-0.1, -0.05) is 29.8 Å². The van der Waals surface area contributed by atoms with Gasteiger partial charge in [0.05, 0.1) is 6.54 Å². The van der Waals surface area contributed by atoms with E-state index in [1.807, 2.05) is 31.2 Å². The van der Waals surface area contributed by atoms with Gasteiger partial charge in [0.2, 0.25) is 0 Å². The van der Waals surface area contributed by atoms with Gasteiger partial charge in [-0.05, 0) is 12.5 Å². The van der Waals surface area contributed by atoms with Crippen molar-refractivity contribution in [3.05, 3.63) is 62.4 Å². The van der Waals surface area contributed by atoms with E-state index in [0.717, 1.165) is 11.1 Å². The Hall–Kier alpha value is -2.30. The molecule has 2 rings (SSSR count). The highest BCUT2D eigenvalue weighted by Gasteiger charge is 2.02. The summed E-state index contributed by atoms with van der Waals surface area (Å²) in [4.78, 5) is 24.8. The predicted octanol–water partition coefficient (Wildman–Crippen LogP) is 0.476. The molecule has 0 spiro atoms. The predicted molar refractivity (Wildman–Crippen MR) is 66.0 cm³/mol. The summed E-state index contributed by atoms with van der Waals surface area (Å²) in [6.07, 6.45) is 1.36. The van der Waals surface area contributed by atoms with Crippen LogP contribution in [0.15, 0.2) is 40.1 Å². The van der Waals surface area contributed by atoms with Crippen molar-refractivity contribution in [1.82, 2.24) is 9.55 Å². The average Bonchev–Trinajstić information content (AvgIpc) is 2.29. The first-order valence-electron chi connectivity index (χ1n) is 5.21. The van der Waals surface area contributed by atoms with Crippen LogP contribution in [0.5, 0.6) is 0 Å². The highest BCUT2D eigenvalue weighted by atomic mass is 16.2. The number of nitrogens with two attached hydrogens (primary N) is 1. The second-order valence-corrected chi connectivity index (χ2v) is 3.96. The zero-order valence-electron chi connectivity index (χ0n) is 9.43. The second-order valence-electron chi connectivity index (χ2n) is 3.96. The molecule has 0 unspecified atom stereocenters. The number of aryl methyl sites for hydroxylation is 1. The minimum Gasteiger partial charge on any atom is -0.393 e. The molecule has 88 valence electrons. The summed E-state index contributed by atoms with van der Waals surface area (Å²) in [5, 5.41) is 0. The van der Waals surface area contributed by atoms with Crippen LogP contribution >= 0.6 is 0 Å². The minimum atomic E-state index is -0.546. The Balaban J connectivity index is 2.36. The Bertz CT molecular complexity index is 638. The number of hydrogen-bond acceptors (Lipinski definition) is 3. The summed E-state index contributed by atoms with van der Waals surface area (Å²) < 4.78 is 1.38. The molecular weight excluding hydrogens is 218 g/mol. The smallest absolute Gasteiger partial charge is 0.328 e.